The minimum absolute atomic E-state index is 0. The molecule has 0 aromatic rings. The van der Waals surface area contributed by atoms with Crippen molar-refractivity contribution >= 4 is 47.4 Å². The van der Waals surface area contributed by atoms with Crippen LogP contribution in [0.25, 0.3) is 0 Å². The van der Waals surface area contributed by atoms with Gasteiger partial charge in [-0.15, -0.1) is 23.5 Å². The molecule has 0 amide bonds. The van der Waals surface area contributed by atoms with Gasteiger partial charge in [0.1, 0.15) is 0 Å². The molecule has 0 unspecified atom stereocenters. The maximum Gasteiger partial charge on any atom is 2.00 e. The van der Waals surface area contributed by atoms with Gasteiger partial charge in [0.2, 0.25) is 0 Å². The van der Waals surface area contributed by atoms with Gasteiger partial charge in [-0.2, -0.15) is 0 Å². The first-order valence-electron chi connectivity index (χ1n) is 4.41. The molecule has 0 radical (unpaired) electrons. The van der Waals surface area contributed by atoms with Crippen molar-refractivity contribution in [3.05, 3.63) is 0 Å². The smallest absolute Gasteiger partial charge is 0.549 e. The van der Waals surface area contributed by atoms with Crippen LogP contribution in [0.5, 0.6) is 0 Å². The summed E-state index contributed by atoms with van der Waals surface area (Å²) in [6, 6.07) is 0. The van der Waals surface area contributed by atoms with Crippen molar-refractivity contribution in [2.45, 2.75) is 0 Å². The maximum absolute atomic E-state index is 9.64. The van der Waals surface area contributed by atoms with Crippen LogP contribution >= 0.6 is 23.5 Å². The van der Waals surface area contributed by atoms with Crippen LogP contribution in [0.4, 0.5) is 0 Å². The fourth-order valence-electron chi connectivity index (χ4n) is 0.435. The van der Waals surface area contributed by atoms with Gasteiger partial charge in [0, 0.05) is 23.0 Å². The fourth-order valence-corrected chi connectivity index (χ4v) is 1.31. The van der Waals surface area contributed by atoms with Crippen LogP contribution in [-0.2, 0) is 52.2 Å². The van der Waals surface area contributed by atoms with E-state index < -0.39 is 23.9 Å². The van der Waals surface area contributed by atoms with E-state index in [0.29, 0.717) is 0 Å². The average molecular weight is 610 g/mol. The van der Waals surface area contributed by atoms with Crippen LogP contribution in [-0.4, -0.2) is 101 Å². The summed E-state index contributed by atoms with van der Waals surface area (Å²) in [5.41, 5.74) is 0. The van der Waals surface area contributed by atoms with Gasteiger partial charge in [-0.05, 0) is 0 Å². The first-order valence-corrected chi connectivity index (χ1v) is 6.72. The first kappa shape index (κ1) is 98.3. The summed E-state index contributed by atoms with van der Waals surface area (Å²) in [7, 11) is 0. The molecule has 0 heterocycles. The second kappa shape index (κ2) is 78.6. The predicted molar refractivity (Wildman–Crippen MR) is 90.8 cm³/mol. The van der Waals surface area contributed by atoms with Crippen molar-refractivity contribution in [1.82, 2.24) is 0 Å². The van der Waals surface area contributed by atoms with Crippen LogP contribution in [0.3, 0.4) is 0 Å². The summed E-state index contributed by atoms with van der Waals surface area (Å²) in [6.07, 6.45) is 0. The van der Waals surface area contributed by atoms with E-state index in [2.05, 4.69) is 5.26 Å². The predicted octanol–water partition coefficient (Wildman–Crippen LogP) is -15.0. The van der Waals surface area contributed by atoms with Crippen LogP contribution in [0.2, 0.25) is 0 Å². The van der Waals surface area contributed by atoms with E-state index in [4.69, 9.17) is 5.26 Å². The molecule has 0 aliphatic heterocycles. The number of thioether (sulfide) groups is 2. The van der Waals surface area contributed by atoms with Crippen molar-refractivity contribution < 1.29 is 132 Å². The summed E-state index contributed by atoms with van der Waals surface area (Å²) in [5.74, 6) is -6.24. The van der Waals surface area contributed by atoms with Crippen LogP contribution in [0.1, 0.15) is 0 Å². The first-order chi connectivity index (χ1) is 9.25. The van der Waals surface area contributed by atoms with E-state index in [1.54, 1.807) is 0 Å². The zero-order chi connectivity index (χ0) is 16.6. The molecule has 31 heavy (non-hydrogen) atoms. The monoisotopic (exact) mass is 608 g/mol. The molecule has 0 saturated carbocycles. The molecule has 0 rings (SSSR count). The SMILES string of the molecule is O.O.O.O.O.O.O.O.O.O=C([O-])CSCC(=O)[O-].O=C([O-])CSCC(=O)[O-].[Ni+2].[Ni+2].[O-][OH2+]. The van der Waals surface area contributed by atoms with Crippen LogP contribution < -0.4 is 25.7 Å². The van der Waals surface area contributed by atoms with E-state index in [1.165, 1.54) is 0 Å². The number of carboxylic acid groups (broad SMARTS) is 4. The van der Waals surface area contributed by atoms with E-state index in [1.807, 2.05) is 0 Å². The standard InChI is InChI=1S/2C4H6O4S.2Ni.H2O2.9H2O/c2*5-3(6)1-9-2-4(7)8;;;1-2;;;;;;;;;/h2*1-2H2,(H,5,6)(H,7,8);;;1H2;9*1H2/q;;2*+2;;;;;;;;;;/p-4. The Morgan fingerprint density at radius 1 is 0.452 bits per heavy atom. The van der Waals surface area contributed by atoms with E-state index >= 15 is 0 Å². The number of carboxylic acids is 4. The molecule has 0 atom stereocenters. The van der Waals surface area contributed by atoms with Crippen LogP contribution in [0.15, 0.2) is 0 Å². The zero-order valence-corrected chi connectivity index (χ0v) is 18.6. The number of hydrogen-bond donors (Lipinski definition) is 0. The largest absolute Gasteiger partial charge is 2.00 e. The van der Waals surface area contributed by atoms with Crippen molar-refractivity contribution in [3.63, 3.8) is 0 Å². The molecule has 23 heteroatoms. The normalized spacial score (nSPS) is 5.35. The van der Waals surface area contributed by atoms with Crippen molar-refractivity contribution in [2.24, 2.45) is 0 Å². The van der Waals surface area contributed by atoms with E-state index in [0.717, 1.165) is 23.5 Å². The fraction of sp³-hybridized carbons (Fsp3) is 0.500. The zero-order valence-electron chi connectivity index (χ0n) is 15.0. The molecule has 20 N–H and O–H groups in total. The Labute approximate surface area is 202 Å². The van der Waals surface area contributed by atoms with Gasteiger partial charge in [-0.25, -0.2) is 0 Å². The number of aliphatic carboxylic acids is 4. The third kappa shape index (κ3) is 173. The summed E-state index contributed by atoms with van der Waals surface area (Å²) >= 11 is 1.49. The second-order valence-corrected chi connectivity index (χ2v) is 4.44. The molecule has 0 aliphatic rings. The molecule has 206 valence electrons. The summed E-state index contributed by atoms with van der Waals surface area (Å²) in [4.78, 5) is 38.5. The molecule has 19 nitrogen and oxygen atoms in total. The Balaban J connectivity index is -0.0000000108. The Morgan fingerprint density at radius 2 is 0.548 bits per heavy atom. The van der Waals surface area contributed by atoms with E-state index in [-0.39, 0.29) is 105 Å². The van der Waals surface area contributed by atoms with Gasteiger partial charge in [-0.3, -0.25) is 0 Å². The van der Waals surface area contributed by atoms with E-state index in [9.17, 15) is 39.6 Å². The maximum atomic E-state index is 9.64. The Morgan fingerprint density at radius 3 is 0.613 bits per heavy atom. The molecule has 0 saturated heterocycles. The molecule has 0 spiro atoms. The molecular weight excluding hydrogens is 582 g/mol. The van der Waals surface area contributed by atoms with Gasteiger partial charge in [-0.1, -0.05) is 0 Å². The summed E-state index contributed by atoms with van der Waals surface area (Å²) < 4.78 is 0. The number of carbonyl (C=O) groups is 4. The number of carbonyl (C=O) groups excluding carboxylic acids is 4. The Hall–Kier alpha value is -0.873. The topological polar surface area (TPSA) is 490 Å². The van der Waals surface area contributed by atoms with Crippen molar-refractivity contribution in [1.29, 1.82) is 0 Å². The summed E-state index contributed by atoms with van der Waals surface area (Å²) in [6.45, 7) is 0. The molecule has 0 fully saturated rings. The van der Waals surface area contributed by atoms with Gasteiger partial charge in [0.15, 0.2) is 0 Å². The quantitative estimate of drug-likeness (QED) is 0.107. The van der Waals surface area contributed by atoms with Gasteiger partial charge < -0.3 is 99.4 Å². The van der Waals surface area contributed by atoms with Gasteiger partial charge in [0.25, 0.3) is 0 Å². The molecule has 0 aromatic heterocycles. The van der Waals surface area contributed by atoms with Gasteiger partial charge in [0.05, 0.1) is 23.9 Å². The minimum atomic E-state index is -1.26. The number of hydrogen-bond acceptors (Lipinski definition) is 11. The van der Waals surface area contributed by atoms with Crippen molar-refractivity contribution in [3.8, 4) is 0 Å². The Kier molecular flexibility index (Phi) is 249. The third-order valence-corrected chi connectivity index (χ3v) is 2.64. The second-order valence-electron chi connectivity index (χ2n) is 2.47. The average Bonchev–Trinajstić information content (AvgIpc) is 2.30. The minimum Gasteiger partial charge on any atom is -0.549 e. The third-order valence-electron chi connectivity index (χ3n) is 0.880. The van der Waals surface area contributed by atoms with Crippen LogP contribution in [0, 0.1) is 0 Å². The van der Waals surface area contributed by atoms with Crippen molar-refractivity contribution in [2.75, 3.05) is 23.0 Å². The Bertz CT molecular complexity index is 265. The summed E-state index contributed by atoms with van der Waals surface area (Å²) in [5, 5.41) is 50.5. The molecule has 0 aromatic carbocycles. The number of rotatable bonds is 8. The molecule has 0 bridgehead atoms. The molecule has 0 aliphatic carbocycles. The van der Waals surface area contributed by atoms with Gasteiger partial charge >= 0.3 is 33.0 Å². The molecular formula is C8H28Ni2O19S2.